The maximum atomic E-state index is 12.1. The number of phenolic OH excluding ortho intramolecular Hbond substituents is 1. The van der Waals surface area contributed by atoms with E-state index in [0.29, 0.717) is 22.8 Å². The number of rotatable bonds is 2. The molecule has 0 unspecified atom stereocenters. The Labute approximate surface area is 105 Å². The third-order valence-electron chi connectivity index (χ3n) is 2.74. The summed E-state index contributed by atoms with van der Waals surface area (Å²) >= 11 is 0. The van der Waals surface area contributed by atoms with Gasteiger partial charge >= 0.3 is 0 Å². The molecule has 2 rings (SSSR count). The Kier molecular flexibility index (Phi) is 3.10. The number of aromatic hydroxyl groups is 1. The molecule has 0 fully saturated rings. The molecule has 4 nitrogen and oxygen atoms in total. The number of hydrogen-bond donors (Lipinski definition) is 2. The topological polar surface area (TPSA) is 62.5 Å². The van der Waals surface area contributed by atoms with Crippen molar-refractivity contribution in [2.75, 3.05) is 5.32 Å². The molecule has 1 amide bonds. The van der Waals surface area contributed by atoms with Gasteiger partial charge in [0, 0.05) is 5.69 Å². The van der Waals surface area contributed by atoms with Gasteiger partial charge in [0.2, 0.25) is 0 Å². The molecule has 0 aliphatic heterocycles. The van der Waals surface area contributed by atoms with Gasteiger partial charge in [-0.15, -0.1) is 0 Å². The Balaban J connectivity index is 2.24. The van der Waals surface area contributed by atoms with E-state index in [4.69, 9.17) is 4.42 Å². The molecule has 1 heterocycles. The van der Waals surface area contributed by atoms with Crippen LogP contribution in [-0.2, 0) is 0 Å². The van der Waals surface area contributed by atoms with Gasteiger partial charge in [-0.1, -0.05) is 0 Å². The van der Waals surface area contributed by atoms with Gasteiger partial charge in [-0.3, -0.25) is 4.79 Å². The fourth-order valence-corrected chi connectivity index (χ4v) is 1.83. The third kappa shape index (κ3) is 2.37. The smallest absolute Gasteiger partial charge is 0.259 e. The minimum absolute atomic E-state index is 0.181. The normalized spacial score (nSPS) is 10.4. The maximum absolute atomic E-state index is 12.1. The first-order chi connectivity index (χ1) is 8.47. The molecule has 0 aliphatic carbocycles. The summed E-state index contributed by atoms with van der Waals surface area (Å²) in [5.41, 5.74) is 2.01. The van der Waals surface area contributed by atoms with Crippen LogP contribution in [0.1, 0.15) is 27.4 Å². The van der Waals surface area contributed by atoms with E-state index in [1.165, 1.54) is 6.07 Å². The zero-order valence-electron chi connectivity index (χ0n) is 10.6. The highest BCUT2D eigenvalue weighted by Gasteiger charge is 2.14. The van der Waals surface area contributed by atoms with E-state index in [2.05, 4.69) is 5.32 Å². The van der Waals surface area contributed by atoms with Crippen molar-refractivity contribution in [2.24, 2.45) is 0 Å². The number of phenols is 1. The van der Waals surface area contributed by atoms with E-state index in [9.17, 15) is 9.90 Å². The average Bonchev–Trinajstić information content (AvgIpc) is 2.62. The fraction of sp³-hybridized carbons (Fsp3) is 0.214. The minimum atomic E-state index is -0.210. The molecule has 4 heteroatoms. The number of anilines is 1. The van der Waals surface area contributed by atoms with Gasteiger partial charge < -0.3 is 14.8 Å². The quantitative estimate of drug-likeness (QED) is 0.799. The molecule has 2 aromatic rings. The molecule has 94 valence electrons. The first-order valence-electron chi connectivity index (χ1n) is 5.65. The molecule has 18 heavy (non-hydrogen) atoms. The van der Waals surface area contributed by atoms with Crippen LogP contribution in [0.15, 0.2) is 28.7 Å². The van der Waals surface area contributed by atoms with Crippen LogP contribution < -0.4 is 5.32 Å². The number of carbonyl (C=O) groups is 1. The van der Waals surface area contributed by atoms with Crippen molar-refractivity contribution in [3.8, 4) is 5.75 Å². The number of carbonyl (C=O) groups excluding carboxylic acids is 1. The summed E-state index contributed by atoms with van der Waals surface area (Å²) in [6.07, 6.45) is 0. The summed E-state index contributed by atoms with van der Waals surface area (Å²) in [5, 5.41) is 12.1. The van der Waals surface area contributed by atoms with Gasteiger partial charge in [0.25, 0.3) is 5.91 Å². The minimum Gasteiger partial charge on any atom is -0.508 e. The van der Waals surface area contributed by atoms with Crippen LogP contribution in [-0.4, -0.2) is 11.0 Å². The second kappa shape index (κ2) is 4.56. The van der Waals surface area contributed by atoms with Gasteiger partial charge in [-0.25, -0.2) is 0 Å². The highest BCUT2D eigenvalue weighted by molar-refractivity contribution is 6.05. The van der Waals surface area contributed by atoms with E-state index in [0.717, 1.165) is 5.56 Å². The summed E-state index contributed by atoms with van der Waals surface area (Å²) in [5.74, 6) is 1.28. The monoisotopic (exact) mass is 245 g/mol. The molecule has 0 radical (unpaired) electrons. The summed E-state index contributed by atoms with van der Waals surface area (Å²) < 4.78 is 5.32. The number of hydrogen-bond acceptors (Lipinski definition) is 3. The lowest BCUT2D eigenvalue weighted by molar-refractivity contribution is 0.102. The lowest BCUT2D eigenvalue weighted by Crippen LogP contribution is -2.12. The molecule has 0 aliphatic rings. The van der Waals surface area contributed by atoms with Crippen LogP contribution in [0.5, 0.6) is 5.75 Å². The van der Waals surface area contributed by atoms with E-state index >= 15 is 0 Å². The Morgan fingerprint density at radius 2 is 1.94 bits per heavy atom. The zero-order chi connectivity index (χ0) is 13.3. The standard InChI is InChI=1S/C14H15NO3/c1-8-6-11(16)4-5-13(8)15-14(17)12-7-9(2)18-10(12)3/h4-7,16H,1-3H3,(H,15,17). The van der Waals surface area contributed by atoms with Crippen LogP contribution in [0.2, 0.25) is 0 Å². The number of amides is 1. The summed E-state index contributed by atoms with van der Waals surface area (Å²) in [7, 11) is 0. The van der Waals surface area contributed by atoms with E-state index in [1.807, 2.05) is 6.92 Å². The molecule has 0 spiro atoms. The molecule has 1 aromatic heterocycles. The number of aryl methyl sites for hydroxylation is 3. The van der Waals surface area contributed by atoms with Gasteiger partial charge in [-0.05, 0) is 50.6 Å². The highest BCUT2D eigenvalue weighted by Crippen LogP contribution is 2.22. The van der Waals surface area contributed by atoms with Crippen molar-refractivity contribution in [3.63, 3.8) is 0 Å². The first-order valence-corrected chi connectivity index (χ1v) is 5.65. The molecular formula is C14H15NO3. The molecule has 1 aromatic carbocycles. The van der Waals surface area contributed by atoms with Crippen molar-refractivity contribution < 1.29 is 14.3 Å². The Morgan fingerprint density at radius 1 is 1.22 bits per heavy atom. The molecular weight excluding hydrogens is 230 g/mol. The van der Waals surface area contributed by atoms with E-state index < -0.39 is 0 Å². The van der Waals surface area contributed by atoms with Crippen molar-refractivity contribution in [2.45, 2.75) is 20.8 Å². The molecule has 0 atom stereocenters. The number of nitrogens with one attached hydrogen (secondary N) is 1. The Morgan fingerprint density at radius 3 is 2.50 bits per heavy atom. The lowest BCUT2D eigenvalue weighted by atomic mass is 10.1. The first kappa shape index (κ1) is 12.2. The highest BCUT2D eigenvalue weighted by atomic mass is 16.3. The van der Waals surface area contributed by atoms with Crippen molar-refractivity contribution in [1.29, 1.82) is 0 Å². The zero-order valence-corrected chi connectivity index (χ0v) is 10.6. The number of benzene rings is 1. The van der Waals surface area contributed by atoms with Gasteiger partial charge in [0.05, 0.1) is 5.56 Å². The largest absolute Gasteiger partial charge is 0.508 e. The van der Waals surface area contributed by atoms with Gasteiger partial charge in [-0.2, -0.15) is 0 Å². The Bertz CT molecular complexity index is 599. The van der Waals surface area contributed by atoms with Gasteiger partial charge in [0.15, 0.2) is 0 Å². The maximum Gasteiger partial charge on any atom is 0.259 e. The third-order valence-corrected chi connectivity index (χ3v) is 2.74. The predicted octanol–water partition coefficient (Wildman–Crippen LogP) is 3.16. The molecule has 0 saturated carbocycles. The SMILES string of the molecule is Cc1cc(C(=O)Nc2ccc(O)cc2C)c(C)o1. The van der Waals surface area contributed by atoms with Gasteiger partial charge in [0.1, 0.15) is 17.3 Å². The van der Waals surface area contributed by atoms with Crippen LogP contribution in [0, 0.1) is 20.8 Å². The van der Waals surface area contributed by atoms with Crippen LogP contribution in [0.25, 0.3) is 0 Å². The summed E-state index contributed by atoms with van der Waals surface area (Å²) in [6.45, 7) is 5.38. The molecule has 0 bridgehead atoms. The van der Waals surface area contributed by atoms with Crippen molar-refractivity contribution in [3.05, 3.63) is 46.9 Å². The van der Waals surface area contributed by atoms with Crippen molar-refractivity contribution in [1.82, 2.24) is 0 Å². The second-order valence-corrected chi connectivity index (χ2v) is 4.28. The fourth-order valence-electron chi connectivity index (χ4n) is 1.83. The number of furan rings is 1. The van der Waals surface area contributed by atoms with Crippen molar-refractivity contribution >= 4 is 11.6 Å². The van der Waals surface area contributed by atoms with Crippen LogP contribution in [0.4, 0.5) is 5.69 Å². The van der Waals surface area contributed by atoms with Crippen LogP contribution in [0.3, 0.4) is 0 Å². The lowest BCUT2D eigenvalue weighted by Gasteiger charge is -2.07. The Hall–Kier alpha value is -2.23. The average molecular weight is 245 g/mol. The molecule has 2 N–H and O–H groups in total. The predicted molar refractivity (Wildman–Crippen MR) is 69.0 cm³/mol. The van der Waals surface area contributed by atoms with E-state index in [-0.39, 0.29) is 11.7 Å². The van der Waals surface area contributed by atoms with Crippen LogP contribution >= 0.6 is 0 Å². The summed E-state index contributed by atoms with van der Waals surface area (Å²) in [6, 6.07) is 6.52. The van der Waals surface area contributed by atoms with E-state index in [1.54, 1.807) is 32.0 Å². The molecule has 0 saturated heterocycles. The second-order valence-electron chi connectivity index (χ2n) is 4.28. The summed E-state index contributed by atoms with van der Waals surface area (Å²) in [4.78, 5) is 12.1.